The number of aliphatic hydroxyl groups excluding tert-OH is 2. The fraction of sp³-hybridized carbons (Fsp3) is 0.918. The molecule has 11 unspecified atom stereocenters. The van der Waals surface area contributed by atoms with Gasteiger partial charge in [0.1, 0.15) is 18.3 Å². The molecule has 16 aliphatic heterocycles. The van der Waals surface area contributed by atoms with Crippen LogP contribution in [-0.4, -0.2) is 185 Å². The van der Waals surface area contributed by atoms with Crippen molar-refractivity contribution in [1.29, 1.82) is 0 Å². The highest BCUT2D eigenvalue weighted by Crippen LogP contribution is 2.76. The van der Waals surface area contributed by atoms with Crippen molar-refractivity contribution in [2.45, 2.75) is 307 Å². The van der Waals surface area contributed by atoms with E-state index in [9.17, 15) is 20.1 Å². The molecule has 1 aliphatic carbocycles. The van der Waals surface area contributed by atoms with Crippen molar-refractivity contribution in [3.05, 3.63) is 24.3 Å². The fourth-order valence-electron chi connectivity index (χ4n) is 19.4. The predicted octanol–water partition coefficient (Wildman–Crippen LogP) is 5.48. The molecular weight excluding hydrogens is 1040 g/mol. The zero-order valence-electron chi connectivity index (χ0n) is 47.0. The van der Waals surface area contributed by atoms with Gasteiger partial charge in [0.25, 0.3) is 0 Å². The van der Waals surface area contributed by atoms with Crippen LogP contribution < -0.4 is 0 Å². The first-order chi connectivity index (χ1) is 38.4. The summed E-state index contributed by atoms with van der Waals surface area (Å²) < 4.78 is 104. The largest absolute Gasteiger partial charge is 0.459 e. The van der Waals surface area contributed by atoms with Crippen LogP contribution >= 0.6 is 0 Å². The van der Waals surface area contributed by atoms with Crippen LogP contribution in [0.4, 0.5) is 0 Å². The van der Waals surface area contributed by atoms with Gasteiger partial charge in [-0.1, -0.05) is 40.9 Å². The Hall–Kier alpha value is -1.73. The number of rotatable bonds is 4. The second-order valence-electron chi connectivity index (χ2n) is 28.4. The number of hydrogen-bond donors (Lipinski definition) is 3. The fourth-order valence-corrected chi connectivity index (χ4v) is 19.4. The van der Waals surface area contributed by atoms with E-state index < -0.39 is 65.6 Å². The summed E-state index contributed by atoms with van der Waals surface area (Å²) in [6.07, 6.45) is 5.23. The number of carbonyl (C=O) groups excluding carboxylic acids is 1. The van der Waals surface area contributed by atoms with E-state index in [0.29, 0.717) is 77.0 Å². The van der Waals surface area contributed by atoms with Gasteiger partial charge < -0.3 is 86.4 Å². The van der Waals surface area contributed by atoms with E-state index in [0.717, 1.165) is 43.3 Å². The Labute approximate surface area is 468 Å². The van der Waals surface area contributed by atoms with Crippen LogP contribution in [0.3, 0.4) is 0 Å². The van der Waals surface area contributed by atoms with Gasteiger partial charge in [-0.25, -0.2) is 0 Å². The first-order valence-electron chi connectivity index (χ1n) is 31.3. The maximum atomic E-state index is 14.6. The zero-order chi connectivity index (χ0) is 54.6. The Kier molecular flexibility index (Phi) is 12.8. The van der Waals surface area contributed by atoms with E-state index in [2.05, 4.69) is 40.9 Å². The van der Waals surface area contributed by atoms with Crippen LogP contribution in [0.2, 0.25) is 0 Å². The molecule has 0 aromatic rings. The monoisotopic (exact) mass is 1120 g/mol. The Morgan fingerprint density at radius 1 is 0.588 bits per heavy atom. The number of ether oxygens (including phenoxy) is 15. The average Bonchev–Trinajstić information content (AvgIpc) is 1.36. The third-order valence-electron chi connectivity index (χ3n) is 23.0. The van der Waals surface area contributed by atoms with Crippen molar-refractivity contribution in [1.82, 2.24) is 0 Å². The summed E-state index contributed by atoms with van der Waals surface area (Å²) in [7, 11) is 0. The average molecular weight is 1120 g/mol. The smallest absolute Gasteiger partial charge is 0.308 e. The van der Waals surface area contributed by atoms with E-state index in [1.165, 1.54) is 0 Å². The first-order valence-corrected chi connectivity index (χ1v) is 31.3. The summed E-state index contributed by atoms with van der Waals surface area (Å²) in [5.74, 6) is -5.70. The summed E-state index contributed by atoms with van der Waals surface area (Å²) in [6, 6.07) is 0. The zero-order valence-corrected chi connectivity index (χ0v) is 47.0. The third kappa shape index (κ3) is 8.44. The predicted molar refractivity (Wildman–Crippen MR) is 276 cm³/mol. The molecule has 17 aliphatic rings. The lowest BCUT2D eigenvalue weighted by Crippen LogP contribution is -2.97. The molecule has 16 saturated heterocycles. The maximum Gasteiger partial charge on any atom is 0.308 e. The lowest BCUT2D eigenvalue weighted by atomic mass is 9.50. The number of esters is 1. The molecule has 0 aromatic carbocycles. The van der Waals surface area contributed by atoms with Crippen molar-refractivity contribution in [3.8, 4) is 0 Å². The normalized spacial score (nSPS) is 59.4. The molecule has 16 heterocycles. The van der Waals surface area contributed by atoms with Crippen LogP contribution in [0, 0.1) is 35.5 Å². The number of hydrogen-bond acceptors (Lipinski definition) is 19. The molecule has 4 spiro atoms. The summed E-state index contributed by atoms with van der Waals surface area (Å²) in [4.78, 5) is 14.6. The quantitative estimate of drug-likeness (QED) is 0.235. The molecule has 0 radical (unpaired) electrons. The van der Waals surface area contributed by atoms with E-state index in [1.54, 1.807) is 0 Å². The van der Waals surface area contributed by atoms with Crippen molar-refractivity contribution in [2.75, 3.05) is 6.61 Å². The van der Waals surface area contributed by atoms with Crippen molar-refractivity contribution in [3.63, 3.8) is 0 Å². The van der Waals surface area contributed by atoms with E-state index in [1.807, 2.05) is 0 Å². The minimum absolute atomic E-state index is 0.0352. The molecular formula is C61H86O19. The molecule has 0 aromatic heterocycles. The third-order valence-corrected chi connectivity index (χ3v) is 23.0. The van der Waals surface area contributed by atoms with Gasteiger partial charge in [-0.3, -0.25) is 4.79 Å². The van der Waals surface area contributed by atoms with Gasteiger partial charge in [-0.05, 0) is 86.7 Å². The lowest BCUT2D eigenvalue weighted by molar-refractivity contribution is -0.672. The van der Waals surface area contributed by atoms with Gasteiger partial charge >= 0.3 is 5.97 Å². The molecule has 0 amide bonds. The summed E-state index contributed by atoms with van der Waals surface area (Å²) >= 11 is 0. The van der Waals surface area contributed by atoms with E-state index in [-0.39, 0.29) is 152 Å². The van der Waals surface area contributed by atoms with Gasteiger partial charge in [-0.2, -0.15) is 0 Å². The highest BCUT2D eigenvalue weighted by atomic mass is 16.9. The van der Waals surface area contributed by atoms with Gasteiger partial charge in [0, 0.05) is 57.3 Å². The highest BCUT2D eigenvalue weighted by Gasteiger charge is 2.91. The van der Waals surface area contributed by atoms with E-state index in [4.69, 9.17) is 71.1 Å². The molecule has 80 heavy (non-hydrogen) atoms. The van der Waals surface area contributed by atoms with Crippen molar-refractivity contribution < 1.29 is 91.2 Å². The van der Waals surface area contributed by atoms with Gasteiger partial charge in [0.15, 0.2) is 28.9 Å². The molecule has 17 fully saturated rings. The Morgan fingerprint density at radius 3 is 2.16 bits per heavy atom. The molecule has 19 heteroatoms. The molecule has 19 nitrogen and oxygen atoms in total. The van der Waals surface area contributed by atoms with Crippen LogP contribution in [-0.2, 0) is 75.8 Å². The molecule has 32 atom stereocenters. The Morgan fingerprint density at radius 2 is 1.31 bits per heavy atom. The molecule has 10 bridgehead atoms. The Balaban J connectivity index is 0.633. The van der Waals surface area contributed by atoms with Gasteiger partial charge in [0.2, 0.25) is 0 Å². The molecule has 3 N–H and O–H groups in total. The van der Waals surface area contributed by atoms with Crippen LogP contribution in [0.15, 0.2) is 24.3 Å². The van der Waals surface area contributed by atoms with Crippen LogP contribution in [0.25, 0.3) is 0 Å². The molecule has 1 saturated carbocycles. The number of carbonyl (C=O) groups is 1. The second-order valence-corrected chi connectivity index (χ2v) is 28.4. The van der Waals surface area contributed by atoms with Gasteiger partial charge in [0.05, 0.1) is 141 Å². The minimum atomic E-state index is -1.38. The van der Waals surface area contributed by atoms with Gasteiger partial charge in [-0.15, -0.1) is 0 Å². The second kappa shape index (κ2) is 19.1. The van der Waals surface area contributed by atoms with Crippen LogP contribution in [0.1, 0.15) is 150 Å². The topological polar surface area (TPSA) is 216 Å². The Bertz CT molecular complexity index is 2460. The SMILES string of the molecule is C=C1C2C[C@@H]3O[C@H]4C[C@H]5O[C@]6(CC7O[C@]8(C[C@H](C)C9O[C@H](CC[C@@H](O)CO)CC9O8)C[C@H](C)C7O6)C[C@H]5O[C@H]4[C@H](C)[C@H]3OC(=O)CC3CC[C@@H]4O[C@@H]5C6[C@@H](O[C@@]7(CCC8CC(=C)[C@H](CC[C@@H](C[C@H]1C)O2)O8)CC1(O)OC6(O7)C51)[C@H]4O3. The van der Waals surface area contributed by atoms with E-state index >= 15 is 0 Å². The number of aliphatic hydroxyl groups is 3. The maximum absolute atomic E-state index is 14.6. The molecule has 17 rings (SSSR count). The van der Waals surface area contributed by atoms with Crippen molar-refractivity contribution in [2.24, 2.45) is 35.5 Å². The van der Waals surface area contributed by atoms with Crippen LogP contribution in [0.5, 0.6) is 0 Å². The summed E-state index contributed by atoms with van der Waals surface area (Å²) in [5.41, 5.74) is 2.11. The van der Waals surface area contributed by atoms with Crippen molar-refractivity contribution >= 4 is 5.97 Å². The lowest BCUT2D eigenvalue weighted by Gasteiger charge is -2.82. The standard InChI is InChI=1S/C61H86O19/c1-27-15-34-9-11-38-28(2)16-37(66-38)13-14-57-26-60(65)56-55-48(61(56,79-57)80-60)54(78-57)53-39(71-55)12-10-36(69-53)18-47(64)73-52-32(6)51-43(70-42(52)19-40(67-34)31(27)5)20-41-45(72-51)23-59(74-41)24-46-50(77-59)30(4)22-58(76-46)21-29(3)49-44(75-58)17-35(68-49)8-7-33(63)25-62/h27,29-30,32-46,48-56,62-63,65H,2,5,7-26H2,1,3-4,6H3/t27-,29+,30+,32+,33-,34+,35-,36?,37?,38+,39+,40?,41-,42+,43+,44?,45-,46?,48?,49?,50?,51+,52-,53+,54-,55-,56?,57-,58-,59-,60?,61?/m1/s1. The summed E-state index contributed by atoms with van der Waals surface area (Å²) in [5, 5.41) is 31.3. The molecule has 444 valence electrons. The highest BCUT2D eigenvalue weighted by molar-refractivity contribution is 5.70. The summed E-state index contributed by atoms with van der Waals surface area (Å²) in [6.45, 7) is 17.7. The minimum Gasteiger partial charge on any atom is -0.459 e. The number of fused-ring (bicyclic) bond motifs is 10. The first kappa shape index (κ1) is 53.7.